The third-order valence-corrected chi connectivity index (χ3v) is 9.55. The van der Waals surface area contributed by atoms with E-state index in [2.05, 4.69) is 40.4 Å². The van der Waals surface area contributed by atoms with Gasteiger partial charge in [-0.3, -0.25) is 14.4 Å². The molecule has 1 fully saturated rings. The number of fused-ring (bicyclic) bond motifs is 2. The van der Waals surface area contributed by atoms with Crippen LogP contribution in [-0.4, -0.2) is 51.4 Å². The zero-order chi connectivity index (χ0) is 34.0. The number of pyridine rings is 1. The predicted octanol–water partition coefficient (Wildman–Crippen LogP) is 6.41. The molecule has 6 rings (SSSR count). The van der Waals surface area contributed by atoms with Gasteiger partial charge in [-0.15, -0.1) is 0 Å². The number of hydrogen-bond acceptors (Lipinski definition) is 6. The molecular formula is C37H45N7O3. The maximum Gasteiger partial charge on any atom is 0.251 e. The topological polar surface area (TPSA) is 121 Å². The number of carbonyl (C=O) groups is 3. The first kappa shape index (κ1) is 32.2. The Kier molecular flexibility index (Phi) is 7.89. The van der Waals surface area contributed by atoms with Gasteiger partial charge < -0.3 is 25.4 Å². The summed E-state index contributed by atoms with van der Waals surface area (Å²) < 4.78 is 2.08. The lowest BCUT2D eigenvalue weighted by Gasteiger charge is -2.43. The Morgan fingerprint density at radius 2 is 1.77 bits per heavy atom. The van der Waals surface area contributed by atoms with Crippen LogP contribution in [0.4, 0.5) is 17.2 Å². The molecule has 0 unspecified atom stereocenters. The molecule has 0 radical (unpaired) electrons. The second kappa shape index (κ2) is 11.5. The van der Waals surface area contributed by atoms with Crippen molar-refractivity contribution in [1.82, 2.24) is 25.2 Å². The number of carbonyl (C=O) groups excluding carboxylic acids is 3. The summed E-state index contributed by atoms with van der Waals surface area (Å²) in [4.78, 5) is 50.8. The van der Waals surface area contributed by atoms with Gasteiger partial charge in [0.1, 0.15) is 5.52 Å². The van der Waals surface area contributed by atoms with Crippen molar-refractivity contribution in [3.05, 3.63) is 65.5 Å². The Balaban J connectivity index is 1.38. The summed E-state index contributed by atoms with van der Waals surface area (Å²) in [5.41, 5.74) is 6.19. The van der Waals surface area contributed by atoms with E-state index in [1.54, 1.807) is 7.05 Å². The lowest BCUT2D eigenvalue weighted by molar-refractivity contribution is -0.129. The number of hydrogen-bond donors (Lipinski definition) is 3. The third-order valence-electron chi connectivity index (χ3n) is 9.55. The Morgan fingerprint density at radius 3 is 2.43 bits per heavy atom. The molecule has 0 atom stereocenters. The van der Waals surface area contributed by atoms with Crippen molar-refractivity contribution in [2.75, 3.05) is 17.3 Å². The van der Waals surface area contributed by atoms with Crippen LogP contribution in [0.25, 0.3) is 22.3 Å². The molecule has 10 nitrogen and oxygen atoms in total. The van der Waals surface area contributed by atoms with Crippen molar-refractivity contribution in [2.45, 2.75) is 91.8 Å². The maximum absolute atomic E-state index is 13.8. The smallest absolute Gasteiger partial charge is 0.251 e. The second-order valence-electron chi connectivity index (χ2n) is 14.8. The molecule has 3 amide bonds. The van der Waals surface area contributed by atoms with Gasteiger partial charge in [0.2, 0.25) is 11.8 Å². The molecule has 0 spiro atoms. The van der Waals surface area contributed by atoms with Crippen LogP contribution in [0.5, 0.6) is 0 Å². The average Bonchev–Trinajstić information content (AvgIpc) is 3.51. The normalized spacial score (nSPS) is 18.7. The van der Waals surface area contributed by atoms with Crippen molar-refractivity contribution in [3.8, 4) is 11.3 Å². The van der Waals surface area contributed by atoms with E-state index in [0.29, 0.717) is 24.2 Å². The largest absolute Gasteiger partial charge is 0.355 e. The van der Waals surface area contributed by atoms with Gasteiger partial charge in [-0.2, -0.15) is 0 Å². The van der Waals surface area contributed by atoms with Gasteiger partial charge in [0.25, 0.3) is 5.91 Å². The fraction of sp³-hybridized carbons (Fsp3) is 0.432. The molecule has 0 saturated heterocycles. The fourth-order valence-electron chi connectivity index (χ4n) is 6.53. The van der Waals surface area contributed by atoms with Crippen molar-refractivity contribution in [1.29, 1.82) is 0 Å². The monoisotopic (exact) mass is 635 g/mol. The zero-order valence-electron chi connectivity index (χ0n) is 28.8. The molecule has 2 aliphatic rings. The van der Waals surface area contributed by atoms with Crippen molar-refractivity contribution in [2.24, 2.45) is 5.41 Å². The first-order chi connectivity index (χ1) is 22.1. The van der Waals surface area contributed by atoms with Crippen LogP contribution in [0.3, 0.4) is 0 Å². The number of benzene rings is 2. The number of aromatic nitrogens is 3. The Bertz CT molecular complexity index is 1910. The molecule has 47 heavy (non-hydrogen) atoms. The van der Waals surface area contributed by atoms with E-state index in [1.807, 2.05) is 89.2 Å². The van der Waals surface area contributed by atoms with Crippen LogP contribution in [-0.2, 0) is 15.0 Å². The Morgan fingerprint density at radius 1 is 1.04 bits per heavy atom. The Labute approximate surface area is 276 Å². The number of nitrogens with one attached hydrogen (secondary N) is 3. The molecule has 3 heterocycles. The summed E-state index contributed by atoms with van der Waals surface area (Å²) in [6.07, 6.45) is 3.26. The molecule has 2 aromatic heterocycles. The summed E-state index contributed by atoms with van der Waals surface area (Å²) in [5.74, 6) is 0.571. The molecule has 4 aromatic rings. The van der Waals surface area contributed by atoms with Crippen molar-refractivity contribution >= 4 is 45.9 Å². The molecule has 1 aliphatic carbocycles. The quantitative estimate of drug-likeness (QED) is 0.216. The lowest BCUT2D eigenvalue weighted by atomic mass is 9.83. The summed E-state index contributed by atoms with van der Waals surface area (Å²) in [6.45, 7) is 15.8. The standard InChI is InChI=1S/C37H45N7O3/c1-20(2)43-19-39-29-18-28(42-32(31(29)43)40-23-12-10-21(3)26(17-23)33(45)38-9)22-11-13-27-30(14-22)44(35(47)37(27,7)8)25-15-24(16-25)41-34(46)36(4,5)6/h10-14,17-20,24-25H,15-16H2,1-9H3,(H,38,45)(H,40,42)(H,41,46). The van der Waals surface area contributed by atoms with Crippen LogP contribution < -0.4 is 20.9 Å². The molecular weight excluding hydrogens is 590 g/mol. The summed E-state index contributed by atoms with van der Waals surface area (Å²) in [7, 11) is 1.62. The van der Waals surface area contributed by atoms with E-state index in [-0.39, 0.29) is 35.8 Å². The van der Waals surface area contributed by atoms with E-state index >= 15 is 0 Å². The fourth-order valence-corrected chi connectivity index (χ4v) is 6.53. The van der Waals surface area contributed by atoms with Gasteiger partial charge in [-0.05, 0) is 82.9 Å². The third kappa shape index (κ3) is 5.64. The van der Waals surface area contributed by atoms with Gasteiger partial charge >= 0.3 is 0 Å². The van der Waals surface area contributed by atoms with E-state index in [0.717, 1.165) is 44.8 Å². The number of nitrogens with zero attached hydrogens (tertiary/aromatic N) is 4. The van der Waals surface area contributed by atoms with E-state index in [4.69, 9.17) is 9.97 Å². The average molecular weight is 636 g/mol. The lowest BCUT2D eigenvalue weighted by Crippen LogP contribution is -2.57. The van der Waals surface area contributed by atoms with E-state index in [1.165, 1.54) is 0 Å². The van der Waals surface area contributed by atoms with Crippen LogP contribution in [0.1, 0.15) is 88.8 Å². The molecule has 2 aromatic carbocycles. The van der Waals surface area contributed by atoms with Crippen LogP contribution >= 0.6 is 0 Å². The van der Waals surface area contributed by atoms with E-state index in [9.17, 15) is 14.4 Å². The van der Waals surface area contributed by atoms with Gasteiger partial charge in [-0.25, -0.2) is 9.97 Å². The molecule has 0 bridgehead atoms. The van der Waals surface area contributed by atoms with Gasteiger partial charge in [0, 0.05) is 53.1 Å². The second-order valence-corrected chi connectivity index (χ2v) is 14.8. The molecule has 1 aliphatic heterocycles. The molecule has 1 saturated carbocycles. The van der Waals surface area contributed by atoms with Crippen LogP contribution in [0.15, 0.2) is 48.8 Å². The zero-order valence-corrected chi connectivity index (χ0v) is 28.8. The highest BCUT2D eigenvalue weighted by molar-refractivity contribution is 6.09. The Hall–Kier alpha value is -4.73. The number of imidazole rings is 1. The highest BCUT2D eigenvalue weighted by atomic mass is 16.2. The van der Waals surface area contributed by atoms with Crippen molar-refractivity contribution < 1.29 is 14.4 Å². The summed E-state index contributed by atoms with van der Waals surface area (Å²) in [5, 5.41) is 9.35. The minimum atomic E-state index is -0.665. The van der Waals surface area contributed by atoms with Crippen LogP contribution in [0, 0.1) is 12.3 Å². The SMILES string of the molecule is CNC(=O)c1cc(Nc2nc(-c3ccc4c(c3)N(C3CC(NC(=O)C(C)(C)C)C3)C(=O)C4(C)C)cc3ncn(C(C)C)c23)ccc1C. The number of rotatable bonds is 7. The number of amides is 3. The summed E-state index contributed by atoms with van der Waals surface area (Å²) >= 11 is 0. The minimum absolute atomic E-state index is 0.00834. The van der Waals surface area contributed by atoms with Crippen LogP contribution in [0.2, 0.25) is 0 Å². The van der Waals surface area contributed by atoms with E-state index < -0.39 is 10.8 Å². The highest BCUT2D eigenvalue weighted by Crippen LogP contribution is 2.47. The number of aryl methyl sites for hydroxylation is 1. The van der Waals surface area contributed by atoms with Gasteiger partial charge in [-0.1, -0.05) is 39.0 Å². The molecule has 246 valence electrons. The summed E-state index contributed by atoms with van der Waals surface area (Å²) in [6, 6.07) is 14.0. The number of anilines is 3. The van der Waals surface area contributed by atoms with Gasteiger partial charge in [0.15, 0.2) is 5.82 Å². The predicted molar refractivity (Wildman–Crippen MR) is 186 cm³/mol. The maximum atomic E-state index is 13.8. The molecule has 10 heteroatoms. The van der Waals surface area contributed by atoms with Gasteiger partial charge in [0.05, 0.1) is 23.0 Å². The first-order valence-electron chi connectivity index (χ1n) is 16.4. The highest BCUT2D eigenvalue weighted by Gasteiger charge is 2.49. The first-order valence-corrected chi connectivity index (χ1v) is 16.4. The molecule has 3 N–H and O–H groups in total. The van der Waals surface area contributed by atoms with Crippen molar-refractivity contribution in [3.63, 3.8) is 0 Å². The minimum Gasteiger partial charge on any atom is -0.355 e.